The molecule has 6 atom stereocenters. The fraction of sp³-hybridized carbons (Fsp3) is 0.650. The molecule has 4 rings (SSSR count). The molecule has 1 spiro atoms. The number of aliphatic carboxylic acids is 1. The minimum absolute atomic E-state index is 0.00230. The molecule has 0 aromatic carbocycles. The van der Waals surface area contributed by atoms with Crippen LogP contribution in [-0.4, -0.2) is 33.9 Å². The summed E-state index contributed by atoms with van der Waals surface area (Å²) in [5, 5.41) is 20.4. The van der Waals surface area contributed by atoms with Crippen molar-refractivity contribution in [1.29, 1.82) is 0 Å². The Balaban J connectivity index is 1.93. The molecule has 0 saturated heterocycles. The predicted molar refractivity (Wildman–Crippen MR) is 89.6 cm³/mol. The summed E-state index contributed by atoms with van der Waals surface area (Å²) >= 11 is 0. The SMILES string of the molecule is C=C1C(=O)[C@]23CC[C@@H]4[C@](C)(C(=O)CC[C@]4(C)C(=O)O)C2=C[C@H](O)[C@H]1C3. The normalized spacial score (nSPS) is 48.7. The Bertz CT molecular complexity index is 764. The molecule has 5 nitrogen and oxygen atoms in total. The summed E-state index contributed by atoms with van der Waals surface area (Å²) in [5.41, 5.74) is -1.65. The lowest BCUT2D eigenvalue weighted by atomic mass is 9.43. The van der Waals surface area contributed by atoms with Crippen molar-refractivity contribution >= 4 is 17.5 Å². The quantitative estimate of drug-likeness (QED) is 0.562. The van der Waals surface area contributed by atoms with Gasteiger partial charge in [0.15, 0.2) is 5.78 Å². The van der Waals surface area contributed by atoms with Crippen LogP contribution in [0.2, 0.25) is 0 Å². The Morgan fingerprint density at radius 3 is 2.60 bits per heavy atom. The van der Waals surface area contributed by atoms with Crippen LogP contribution in [0.25, 0.3) is 0 Å². The second-order valence-corrected chi connectivity index (χ2v) is 8.76. The summed E-state index contributed by atoms with van der Waals surface area (Å²) in [6, 6.07) is 0. The zero-order chi connectivity index (χ0) is 18.4. The van der Waals surface area contributed by atoms with E-state index in [1.165, 1.54) is 0 Å². The number of aliphatic hydroxyl groups excluding tert-OH is 1. The second-order valence-electron chi connectivity index (χ2n) is 8.76. The van der Waals surface area contributed by atoms with E-state index in [2.05, 4.69) is 6.58 Å². The van der Waals surface area contributed by atoms with Gasteiger partial charge in [0, 0.05) is 12.3 Å². The van der Waals surface area contributed by atoms with Crippen LogP contribution in [0.5, 0.6) is 0 Å². The summed E-state index contributed by atoms with van der Waals surface area (Å²) < 4.78 is 0. The van der Waals surface area contributed by atoms with Crippen molar-refractivity contribution in [3.8, 4) is 0 Å². The van der Waals surface area contributed by atoms with E-state index in [1.54, 1.807) is 19.9 Å². The standard InChI is InChI=1S/C20H24O5/c1-10-11-9-20(16(10)23)7-4-13-18(2,17(24)25)6-5-15(22)19(13,3)14(20)8-12(11)21/h8,11-13,21H,1,4-7,9H2,2-3H3,(H,24,25)/t11-,12-,13-,18-,19-,20-/m0/s1. The molecule has 4 aliphatic rings. The average Bonchev–Trinajstić information content (AvgIpc) is 2.77. The van der Waals surface area contributed by atoms with Crippen molar-refractivity contribution in [1.82, 2.24) is 0 Å². The number of hydrogen-bond acceptors (Lipinski definition) is 4. The first-order valence-corrected chi connectivity index (χ1v) is 9.00. The molecule has 134 valence electrons. The number of carboxylic acids is 1. The molecule has 3 saturated carbocycles. The van der Waals surface area contributed by atoms with Gasteiger partial charge in [-0.25, -0.2) is 0 Å². The number of fused-ring (bicyclic) bond motifs is 3. The fourth-order valence-electron chi connectivity index (χ4n) is 6.32. The van der Waals surface area contributed by atoms with Crippen LogP contribution < -0.4 is 0 Å². The predicted octanol–water partition coefficient (Wildman–Crippen LogP) is 2.29. The first-order chi connectivity index (χ1) is 11.6. The number of rotatable bonds is 1. The smallest absolute Gasteiger partial charge is 0.309 e. The minimum Gasteiger partial charge on any atom is -0.481 e. The minimum atomic E-state index is -1.00. The van der Waals surface area contributed by atoms with E-state index in [-0.39, 0.29) is 29.8 Å². The molecule has 0 radical (unpaired) electrons. The molecule has 0 heterocycles. The molecule has 3 fully saturated rings. The molecular weight excluding hydrogens is 320 g/mol. The van der Waals surface area contributed by atoms with E-state index in [4.69, 9.17) is 0 Å². The van der Waals surface area contributed by atoms with Crippen LogP contribution in [-0.2, 0) is 14.4 Å². The molecule has 0 aliphatic heterocycles. The molecule has 0 aromatic rings. The third kappa shape index (κ3) is 1.70. The molecule has 0 aromatic heterocycles. The van der Waals surface area contributed by atoms with Crippen molar-refractivity contribution in [2.24, 2.45) is 28.1 Å². The van der Waals surface area contributed by atoms with Crippen molar-refractivity contribution in [2.45, 2.75) is 52.1 Å². The van der Waals surface area contributed by atoms with Crippen molar-refractivity contribution in [3.63, 3.8) is 0 Å². The highest BCUT2D eigenvalue weighted by molar-refractivity contribution is 6.07. The van der Waals surface area contributed by atoms with Gasteiger partial charge >= 0.3 is 5.97 Å². The third-order valence-corrected chi connectivity index (χ3v) is 7.83. The maximum absolute atomic E-state index is 13.0. The van der Waals surface area contributed by atoms with Crippen LogP contribution in [0.3, 0.4) is 0 Å². The Hall–Kier alpha value is -1.75. The number of allylic oxidation sites excluding steroid dienone is 1. The Kier molecular flexibility index (Phi) is 3.14. The maximum atomic E-state index is 13.0. The number of carboxylic acid groups (broad SMARTS) is 1. The number of ketones is 2. The van der Waals surface area contributed by atoms with Crippen molar-refractivity contribution in [2.75, 3.05) is 0 Å². The zero-order valence-corrected chi connectivity index (χ0v) is 14.7. The summed E-state index contributed by atoms with van der Waals surface area (Å²) in [4.78, 5) is 38.1. The van der Waals surface area contributed by atoms with E-state index < -0.39 is 28.3 Å². The summed E-state index contributed by atoms with van der Waals surface area (Å²) in [5.74, 6) is -1.58. The Morgan fingerprint density at radius 1 is 1.28 bits per heavy atom. The largest absolute Gasteiger partial charge is 0.481 e. The monoisotopic (exact) mass is 344 g/mol. The van der Waals surface area contributed by atoms with Gasteiger partial charge in [0.1, 0.15) is 5.78 Å². The highest BCUT2D eigenvalue weighted by atomic mass is 16.4. The van der Waals surface area contributed by atoms with Crippen molar-refractivity contribution in [3.05, 3.63) is 23.8 Å². The van der Waals surface area contributed by atoms with Gasteiger partial charge < -0.3 is 10.2 Å². The lowest BCUT2D eigenvalue weighted by molar-refractivity contribution is -0.166. The van der Waals surface area contributed by atoms with E-state index in [9.17, 15) is 24.6 Å². The molecule has 2 N–H and O–H groups in total. The summed E-state index contributed by atoms with van der Waals surface area (Å²) in [6.07, 6.45) is 2.94. The second kappa shape index (κ2) is 4.70. The summed E-state index contributed by atoms with van der Waals surface area (Å²) in [7, 11) is 0. The highest BCUT2D eigenvalue weighted by Gasteiger charge is 2.68. The van der Waals surface area contributed by atoms with Gasteiger partial charge in [-0.2, -0.15) is 0 Å². The molecular formula is C20H24O5. The van der Waals surface area contributed by atoms with E-state index in [0.717, 1.165) is 0 Å². The Morgan fingerprint density at radius 2 is 1.96 bits per heavy atom. The van der Waals surface area contributed by atoms with Gasteiger partial charge in [-0.05, 0) is 56.6 Å². The number of carbonyl (C=O) groups excluding carboxylic acids is 2. The molecule has 0 amide bonds. The van der Waals surface area contributed by atoms with E-state index in [0.29, 0.717) is 36.8 Å². The molecule has 2 bridgehead atoms. The number of Topliss-reactive ketones (excluding diaryl/α,β-unsaturated/α-hetero) is 2. The van der Waals surface area contributed by atoms with Gasteiger partial charge in [0.25, 0.3) is 0 Å². The van der Waals surface area contributed by atoms with Gasteiger partial charge in [-0.1, -0.05) is 12.7 Å². The maximum Gasteiger partial charge on any atom is 0.309 e. The molecule has 5 heteroatoms. The third-order valence-electron chi connectivity index (χ3n) is 7.83. The first-order valence-electron chi connectivity index (χ1n) is 9.00. The number of aliphatic hydroxyl groups is 1. The average molecular weight is 344 g/mol. The zero-order valence-electron chi connectivity index (χ0n) is 14.7. The topological polar surface area (TPSA) is 91.7 Å². The lowest BCUT2D eigenvalue weighted by Gasteiger charge is -2.58. The van der Waals surface area contributed by atoms with Crippen molar-refractivity contribution < 1.29 is 24.6 Å². The van der Waals surface area contributed by atoms with Gasteiger partial charge in [0.05, 0.1) is 22.3 Å². The van der Waals surface area contributed by atoms with Crippen LogP contribution in [0.15, 0.2) is 23.8 Å². The van der Waals surface area contributed by atoms with Crippen LogP contribution in [0.1, 0.15) is 46.0 Å². The first kappa shape index (κ1) is 16.7. The molecule has 25 heavy (non-hydrogen) atoms. The van der Waals surface area contributed by atoms with E-state index in [1.807, 2.05) is 0 Å². The lowest BCUT2D eigenvalue weighted by Crippen LogP contribution is -2.59. The van der Waals surface area contributed by atoms with Gasteiger partial charge in [-0.3, -0.25) is 14.4 Å². The van der Waals surface area contributed by atoms with Crippen LogP contribution >= 0.6 is 0 Å². The Labute approximate surface area is 146 Å². The molecule has 0 unspecified atom stereocenters. The highest BCUT2D eigenvalue weighted by Crippen LogP contribution is 2.68. The van der Waals surface area contributed by atoms with Gasteiger partial charge in [-0.15, -0.1) is 0 Å². The molecule has 4 aliphatic carbocycles. The van der Waals surface area contributed by atoms with Crippen LogP contribution in [0.4, 0.5) is 0 Å². The van der Waals surface area contributed by atoms with E-state index >= 15 is 0 Å². The fourth-order valence-corrected chi connectivity index (χ4v) is 6.32. The summed E-state index contributed by atoms with van der Waals surface area (Å²) in [6.45, 7) is 7.42. The number of carbonyl (C=O) groups is 3. The van der Waals surface area contributed by atoms with Crippen LogP contribution in [0, 0.1) is 28.1 Å². The number of hydrogen-bond donors (Lipinski definition) is 2. The van der Waals surface area contributed by atoms with Gasteiger partial charge in [0.2, 0.25) is 0 Å².